The van der Waals surface area contributed by atoms with Crippen molar-refractivity contribution in [3.63, 3.8) is 0 Å². The monoisotopic (exact) mass is 399 g/mol. The maximum Gasteiger partial charge on any atom is 0.228 e. The topological polar surface area (TPSA) is 75.1 Å². The molecule has 1 amide bonds. The summed E-state index contributed by atoms with van der Waals surface area (Å²) in [6.07, 6.45) is 6.12. The number of rotatable bonds is 5. The van der Waals surface area contributed by atoms with Crippen LogP contribution in [0.1, 0.15) is 42.8 Å². The van der Waals surface area contributed by atoms with E-state index in [0.717, 1.165) is 40.9 Å². The van der Waals surface area contributed by atoms with Crippen molar-refractivity contribution in [3.05, 3.63) is 71.0 Å². The Bertz CT molecular complexity index is 1110. The number of aromatic hydroxyl groups is 1. The summed E-state index contributed by atoms with van der Waals surface area (Å²) >= 11 is 0. The molecule has 2 aromatic carbocycles. The number of nitrogens with one attached hydrogen (secondary N) is 1. The molecule has 5 heteroatoms. The summed E-state index contributed by atoms with van der Waals surface area (Å²) in [4.78, 5) is 22.2. The molecule has 152 valence electrons. The number of hydrogen-bond donors (Lipinski definition) is 2. The third kappa shape index (κ3) is 4.10. The molecule has 0 aliphatic heterocycles. The molecule has 5 nitrogen and oxygen atoms in total. The van der Waals surface area contributed by atoms with Crippen LogP contribution in [0.3, 0.4) is 0 Å². The number of amides is 1. The lowest BCUT2D eigenvalue weighted by molar-refractivity contribution is -0.119. The smallest absolute Gasteiger partial charge is 0.228 e. The maximum absolute atomic E-state index is 12.5. The Kier molecular flexibility index (Phi) is 5.61. The number of anilines is 1. The molecule has 0 fully saturated rings. The second-order valence-corrected chi connectivity index (χ2v) is 7.64. The molecule has 1 aromatic heterocycles. The van der Waals surface area contributed by atoms with Crippen LogP contribution in [0.25, 0.3) is 23.4 Å². The number of carbonyl (C=O) groups is 1. The summed E-state index contributed by atoms with van der Waals surface area (Å²) < 4.78 is 0. The van der Waals surface area contributed by atoms with E-state index in [1.54, 1.807) is 12.1 Å². The second kappa shape index (κ2) is 8.49. The molecule has 1 unspecified atom stereocenters. The minimum absolute atomic E-state index is 0.0535. The number of aromatic nitrogens is 2. The van der Waals surface area contributed by atoms with Crippen LogP contribution in [0.2, 0.25) is 0 Å². The molecule has 30 heavy (non-hydrogen) atoms. The van der Waals surface area contributed by atoms with Gasteiger partial charge in [-0.15, -0.1) is 0 Å². The lowest BCUT2D eigenvalue weighted by Crippen LogP contribution is -2.22. The molecule has 0 saturated carbocycles. The van der Waals surface area contributed by atoms with Gasteiger partial charge in [0.1, 0.15) is 11.4 Å². The van der Waals surface area contributed by atoms with Crippen molar-refractivity contribution in [2.75, 3.05) is 5.32 Å². The number of phenols is 1. The zero-order valence-corrected chi connectivity index (χ0v) is 17.2. The van der Waals surface area contributed by atoms with E-state index in [0.29, 0.717) is 17.9 Å². The van der Waals surface area contributed by atoms with Crippen LogP contribution < -0.4 is 5.32 Å². The van der Waals surface area contributed by atoms with E-state index in [2.05, 4.69) is 5.32 Å². The molecular formula is C25H25N3O2. The van der Waals surface area contributed by atoms with Gasteiger partial charge in [-0.1, -0.05) is 50.3 Å². The van der Waals surface area contributed by atoms with Gasteiger partial charge >= 0.3 is 0 Å². The van der Waals surface area contributed by atoms with Crippen LogP contribution in [-0.2, 0) is 17.6 Å². The Hall–Kier alpha value is -3.47. The van der Waals surface area contributed by atoms with E-state index in [1.165, 1.54) is 0 Å². The molecule has 0 bridgehead atoms. The van der Waals surface area contributed by atoms with Gasteiger partial charge in [-0.3, -0.25) is 4.79 Å². The Morgan fingerprint density at radius 3 is 2.70 bits per heavy atom. The van der Waals surface area contributed by atoms with Crippen molar-refractivity contribution in [1.82, 2.24) is 9.97 Å². The zero-order valence-electron chi connectivity index (χ0n) is 17.2. The van der Waals surface area contributed by atoms with Crippen LogP contribution >= 0.6 is 0 Å². The van der Waals surface area contributed by atoms with Gasteiger partial charge in [-0.2, -0.15) is 0 Å². The van der Waals surface area contributed by atoms with Crippen molar-refractivity contribution >= 4 is 23.9 Å². The molecule has 1 atom stereocenters. The van der Waals surface area contributed by atoms with E-state index in [9.17, 15) is 9.90 Å². The van der Waals surface area contributed by atoms with Gasteiger partial charge in [0.25, 0.3) is 0 Å². The summed E-state index contributed by atoms with van der Waals surface area (Å²) in [6.45, 7) is 3.90. The van der Waals surface area contributed by atoms with Crippen LogP contribution in [0.15, 0.2) is 48.5 Å². The molecule has 0 radical (unpaired) electrons. The van der Waals surface area contributed by atoms with Crippen molar-refractivity contribution in [1.29, 1.82) is 0 Å². The van der Waals surface area contributed by atoms with Gasteiger partial charge in [0.2, 0.25) is 5.91 Å². The molecule has 1 aliphatic rings. The summed E-state index contributed by atoms with van der Waals surface area (Å²) in [7, 11) is 0. The van der Waals surface area contributed by atoms with Crippen molar-refractivity contribution in [2.45, 2.75) is 33.1 Å². The highest BCUT2D eigenvalue weighted by Gasteiger charge is 2.22. The molecule has 1 heterocycles. The van der Waals surface area contributed by atoms with Crippen molar-refractivity contribution in [2.24, 2.45) is 5.92 Å². The number of benzene rings is 2. The molecule has 0 saturated heterocycles. The number of phenolic OH excluding ortho intramolecular Hbond substituents is 1. The van der Waals surface area contributed by atoms with Crippen LogP contribution in [0.4, 0.5) is 5.82 Å². The van der Waals surface area contributed by atoms with Gasteiger partial charge in [0.05, 0.1) is 11.4 Å². The first-order valence-corrected chi connectivity index (χ1v) is 10.3. The number of nitrogens with zero attached hydrogens (tertiary/aromatic N) is 2. The Labute approximate surface area is 176 Å². The van der Waals surface area contributed by atoms with Crippen molar-refractivity contribution < 1.29 is 9.90 Å². The first-order valence-electron chi connectivity index (χ1n) is 10.3. The fourth-order valence-electron chi connectivity index (χ4n) is 3.52. The average Bonchev–Trinajstić information content (AvgIpc) is 2.77. The Balaban J connectivity index is 1.78. The first-order chi connectivity index (χ1) is 14.5. The van der Waals surface area contributed by atoms with E-state index in [-0.39, 0.29) is 17.6 Å². The highest BCUT2D eigenvalue weighted by Crippen LogP contribution is 2.35. The Morgan fingerprint density at radius 1 is 1.13 bits per heavy atom. The number of aryl methyl sites for hydroxylation is 2. The van der Waals surface area contributed by atoms with Gasteiger partial charge in [0.15, 0.2) is 5.82 Å². The summed E-state index contributed by atoms with van der Waals surface area (Å²) in [5, 5.41) is 12.8. The van der Waals surface area contributed by atoms with Crippen molar-refractivity contribution in [3.8, 4) is 17.0 Å². The van der Waals surface area contributed by atoms with Gasteiger partial charge in [-0.25, -0.2) is 9.97 Å². The molecule has 1 aliphatic carbocycles. The highest BCUT2D eigenvalue weighted by atomic mass is 16.3. The fourth-order valence-corrected chi connectivity index (χ4v) is 3.52. The molecular weight excluding hydrogens is 374 g/mol. The minimum atomic E-state index is -0.0995. The third-order valence-corrected chi connectivity index (χ3v) is 5.50. The minimum Gasteiger partial charge on any atom is -0.508 e. The standard InChI is InChI=1S/C25H25N3O2/c1-3-16(2)25(30)28-24-22(13-9-17-7-5-4-6-8-17)26-23-20-12-11-19(29)15-18(20)10-14-21(23)27-24/h4-9,11-13,15-16,29H,3,10,14H2,1-2H3,(H,27,28,30)/b13-9+. The van der Waals surface area contributed by atoms with E-state index in [1.807, 2.05) is 62.4 Å². The van der Waals surface area contributed by atoms with Gasteiger partial charge < -0.3 is 10.4 Å². The van der Waals surface area contributed by atoms with Crippen LogP contribution in [0.5, 0.6) is 5.75 Å². The first kappa shape index (κ1) is 19.8. The largest absolute Gasteiger partial charge is 0.508 e. The summed E-state index contributed by atoms with van der Waals surface area (Å²) in [6, 6.07) is 15.3. The summed E-state index contributed by atoms with van der Waals surface area (Å²) in [5.41, 5.74) is 5.38. The number of fused-ring (bicyclic) bond motifs is 3. The van der Waals surface area contributed by atoms with Gasteiger partial charge in [-0.05, 0) is 54.7 Å². The average molecular weight is 399 g/mol. The van der Waals surface area contributed by atoms with Crippen LogP contribution in [0, 0.1) is 5.92 Å². The predicted octanol–water partition coefficient (Wildman–Crippen LogP) is 5.10. The lowest BCUT2D eigenvalue weighted by Gasteiger charge is -2.21. The fraction of sp³-hybridized carbons (Fsp3) is 0.240. The zero-order chi connectivity index (χ0) is 21.1. The molecule has 2 N–H and O–H groups in total. The quantitative estimate of drug-likeness (QED) is 0.626. The highest BCUT2D eigenvalue weighted by molar-refractivity contribution is 5.93. The Morgan fingerprint density at radius 2 is 1.93 bits per heavy atom. The lowest BCUT2D eigenvalue weighted by atomic mass is 9.91. The SMILES string of the molecule is CCC(C)C(=O)Nc1nc2c(nc1/C=C/c1ccccc1)-c1ccc(O)cc1CC2. The van der Waals surface area contributed by atoms with E-state index >= 15 is 0 Å². The molecule has 0 spiro atoms. The number of carbonyl (C=O) groups excluding carboxylic acids is 1. The predicted molar refractivity (Wildman–Crippen MR) is 120 cm³/mol. The number of hydrogen-bond acceptors (Lipinski definition) is 4. The maximum atomic E-state index is 12.5. The molecule has 4 rings (SSSR count). The molecule has 3 aromatic rings. The second-order valence-electron chi connectivity index (χ2n) is 7.64. The van der Waals surface area contributed by atoms with E-state index in [4.69, 9.17) is 9.97 Å². The summed E-state index contributed by atoms with van der Waals surface area (Å²) in [5.74, 6) is 0.597. The normalized spacial score (nSPS) is 13.5. The van der Waals surface area contributed by atoms with Crippen LogP contribution in [-0.4, -0.2) is 21.0 Å². The van der Waals surface area contributed by atoms with Gasteiger partial charge in [0, 0.05) is 11.5 Å². The van der Waals surface area contributed by atoms with E-state index < -0.39 is 0 Å². The third-order valence-electron chi connectivity index (χ3n) is 5.50.